The molecule has 0 N–H and O–H groups in total. The number of hydrogen-bond donors (Lipinski definition) is 0. The van der Waals surface area contributed by atoms with Gasteiger partial charge in [-0.15, -0.1) is 10.2 Å². The monoisotopic (exact) mass is 214 g/mol. The van der Waals surface area contributed by atoms with Crippen LogP contribution in [0.4, 0.5) is 0 Å². The van der Waals surface area contributed by atoms with Gasteiger partial charge in [-0.3, -0.25) is 0 Å². The molecule has 0 unspecified atom stereocenters. The van der Waals surface area contributed by atoms with Crippen molar-refractivity contribution in [2.45, 2.75) is 0 Å². The molecule has 0 aliphatic heterocycles. The molecule has 0 amide bonds. The second-order valence-electron chi connectivity index (χ2n) is 3.05. The minimum atomic E-state index is 0.800. The predicted molar refractivity (Wildman–Crippen MR) is 58.4 cm³/mol. The minimum Gasteiger partial charge on any atom is -0.156 e. The average molecular weight is 214 g/mol. The molecule has 0 aliphatic rings. The van der Waals surface area contributed by atoms with Crippen molar-refractivity contribution in [1.82, 2.24) is 19.8 Å². The van der Waals surface area contributed by atoms with Gasteiger partial charge >= 0.3 is 0 Å². The van der Waals surface area contributed by atoms with Crippen molar-refractivity contribution >= 4 is 21.7 Å². The quantitative estimate of drug-likeness (QED) is 0.622. The highest BCUT2D eigenvalue weighted by atomic mass is 32.1. The van der Waals surface area contributed by atoms with E-state index < -0.39 is 0 Å². The summed E-state index contributed by atoms with van der Waals surface area (Å²) in [5.41, 5.74) is 2.69. The Hall–Kier alpha value is -1.88. The Balaban J connectivity index is 2.31. The Morgan fingerprint density at radius 2 is 1.87 bits per heavy atom. The van der Waals surface area contributed by atoms with E-state index in [0.29, 0.717) is 0 Å². The number of nitrogens with zero attached hydrogens (tertiary/aromatic N) is 4. The van der Waals surface area contributed by atoms with Crippen molar-refractivity contribution in [3.05, 3.63) is 36.5 Å². The van der Waals surface area contributed by atoms with Crippen LogP contribution >= 0.6 is 11.5 Å². The fraction of sp³-hybridized carbons (Fsp3) is 0. The van der Waals surface area contributed by atoms with Crippen molar-refractivity contribution in [2.24, 2.45) is 0 Å². The summed E-state index contributed by atoms with van der Waals surface area (Å²) in [6.45, 7) is 0. The molecule has 5 heteroatoms. The molecule has 2 aromatic heterocycles. The van der Waals surface area contributed by atoms with E-state index in [0.717, 1.165) is 21.5 Å². The van der Waals surface area contributed by atoms with Gasteiger partial charge in [0.15, 0.2) is 0 Å². The summed E-state index contributed by atoms with van der Waals surface area (Å²) < 4.78 is 4.88. The summed E-state index contributed by atoms with van der Waals surface area (Å²) in [4.78, 5) is 0. The zero-order valence-electron chi connectivity index (χ0n) is 7.66. The second-order valence-corrected chi connectivity index (χ2v) is 3.80. The van der Waals surface area contributed by atoms with Gasteiger partial charge in [0.2, 0.25) is 0 Å². The van der Waals surface area contributed by atoms with Gasteiger partial charge in [-0.1, -0.05) is 34.8 Å². The van der Waals surface area contributed by atoms with Crippen LogP contribution in [-0.2, 0) is 0 Å². The van der Waals surface area contributed by atoms with E-state index >= 15 is 0 Å². The van der Waals surface area contributed by atoms with Crippen molar-refractivity contribution in [3.8, 4) is 11.3 Å². The maximum absolute atomic E-state index is 4.13. The Morgan fingerprint density at radius 3 is 2.73 bits per heavy atom. The Kier molecular flexibility index (Phi) is 1.89. The first-order chi connectivity index (χ1) is 7.45. The van der Waals surface area contributed by atoms with E-state index in [1.807, 2.05) is 30.3 Å². The molecule has 3 rings (SSSR count). The van der Waals surface area contributed by atoms with Crippen LogP contribution in [0.15, 0.2) is 36.5 Å². The van der Waals surface area contributed by atoms with E-state index in [2.05, 4.69) is 19.8 Å². The molecule has 1 aromatic carbocycles. The molecule has 0 radical (unpaired) electrons. The molecule has 0 aliphatic carbocycles. The minimum absolute atomic E-state index is 0.800. The van der Waals surface area contributed by atoms with E-state index in [1.165, 1.54) is 11.5 Å². The van der Waals surface area contributed by atoms with E-state index in [-0.39, 0.29) is 0 Å². The first kappa shape index (κ1) is 8.43. The summed E-state index contributed by atoms with van der Waals surface area (Å²) >= 11 is 1.35. The summed E-state index contributed by atoms with van der Waals surface area (Å²) in [5.74, 6) is 0. The standard InChI is InChI=1S/C10H6N4S/c1-2-4-7(5-3-1)9-10-8(6-11-13-9)12-14-15-10/h1-6H. The SMILES string of the molecule is c1ccc(-c2nncc3nnsc23)cc1. The molecule has 0 saturated heterocycles. The summed E-state index contributed by atoms with van der Waals surface area (Å²) in [7, 11) is 0. The van der Waals surface area contributed by atoms with Gasteiger partial charge in [0.25, 0.3) is 0 Å². The number of aromatic nitrogens is 4. The van der Waals surface area contributed by atoms with Crippen molar-refractivity contribution in [3.63, 3.8) is 0 Å². The molecule has 15 heavy (non-hydrogen) atoms. The largest absolute Gasteiger partial charge is 0.156 e. The van der Waals surface area contributed by atoms with Gasteiger partial charge in [-0.25, -0.2) is 0 Å². The van der Waals surface area contributed by atoms with Crippen molar-refractivity contribution in [2.75, 3.05) is 0 Å². The van der Waals surface area contributed by atoms with Gasteiger partial charge in [0.1, 0.15) is 15.9 Å². The molecule has 72 valence electrons. The van der Waals surface area contributed by atoms with Crippen molar-refractivity contribution in [1.29, 1.82) is 0 Å². The third-order valence-electron chi connectivity index (χ3n) is 2.11. The molecule has 0 bridgehead atoms. The Bertz CT molecular complexity index is 590. The Labute approximate surface area is 89.8 Å². The lowest BCUT2D eigenvalue weighted by atomic mass is 10.1. The lowest BCUT2D eigenvalue weighted by molar-refractivity contribution is 1.05. The summed E-state index contributed by atoms with van der Waals surface area (Å²) in [6, 6.07) is 9.93. The van der Waals surface area contributed by atoms with Crippen LogP contribution in [0, 0.1) is 0 Å². The topological polar surface area (TPSA) is 51.6 Å². The van der Waals surface area contributed by atoms with Crippen LogP contribution in [-0.4, -0.2) is 19.8 Å². The van der Waals surface area contributed by atoms with Gasteiger partial charge in [0.05, 0.1) is 6.20 Å². The molecule has 3 aromatic rings. The van der Waals surface area contributed by atoms with Crippen molar-refractivity contribution < 1.29 is 0 Å². The third-order valence-corrected chi connectivity index (χ3v) is 2.86. The highest BCUT2D eigenvalue weighted by molar-refractivity contribution is 7.13. The summed E-state index contributed by atoms with van der Waals surface area (Å²) in [5, 5.41) is 12.0. The molecule has 0 atom stereocenters. The van der Waals surface area contributed by atoms with Crippen LogP contribution < -0.4 is 0 Å². The van der Waals surface area contributed by atoms with Crippen LogP contribution in [0.5, 0.6) is 0 Å². The molecular weight excluding hydrogens is 208 g/mol. The number of fused-ring (bicyclic) bond motifs is 1. The van der Waals surface area contributed by atoms with Crippen LogP contribution in [0.3, 0.4) is 0 Å². The first-order valence-corrected chi connectivity index (χ1v) is 5.21. The molecule has 0 fully saturated rings. The second kappa shape index (κ2) is 3.36. The van der Waals surface area contributed by atoms with Crippen LogP contribution in [0.25, 0.3) is 21.5 Å². The van der Waals surface area contributed by atoms with Gasteiger partial charge in [-0.2, -0.15) is 5.10 Å². The van der Waals surface area contributed by atoms with Crippen LogP contribution in [0.1, 0.15) is 0 Å². The fourth-order valence-corrected chi connectivity index (χ4v) is 2.06. The zero-order valence-corrected chi connectivity index (χ0v) is 8.48. The maximum atomic E-state index is 4.13. The highest BCUT2D eigenvalue weighted by Gasteiger charge is 2.08. The average Bonchev–Trinajstić information content (AvgIpc) is 2.78. The smallest absolute Gasteiger partial charge is 0.128 e. The number of rotatable bonds is 1. The normalized spacial score (nSPS) is 10.7. The lowest BCUT2D eigenvalue weighted by Crippen LogP contribution is -1.86. The predicted octanol–water partition coefficient (Wildman–Crippen LogP) is 2.15. The van der Waals surface area contributed by atoms with Gasteiger partial charge < -0.3 is 0 Å². The highest BCUT2D eigenvalue weighted by Crippen LogP contribution is 2.26. The molecule has 2 heterocycles. The van der Waals surface area contributed by atoms with Gasteiger partial charge in [0, 0.05) is 5.56 Å². The van der Waals surface area contributed by atoms with Gasteiger partial charge in [-0.05, 0) is 11.5 Å². The molecule has 4 nitrogen and oxygen atoms in total. The molecule has 0 saturated carbocycles. The fourth-order valence-electron chi connectivity index (χ4n) is 1.42. The lowest BCUT2D eigenvalue weighted by Gasteiger charge is -1.98. The Morgan fingerprint density at radius 1 is 1.00 bits per heavy atom. The number of benzene rings is 1. The summed E-state index contributed by atoms with van der Waals surface area (Å²) in [6.07, 6.45) is 1.63. The zero-order chi connectivity index (χ0) is 10.1. The maximum Gasteiger partial charge on any atom is 0.128 e. The third kappa shape index (κ3) is 1.37. The van der Waals surface area contributed by atoms with E-state index in [9.17, 15) is 0 Å². The molecule has 0 spiro atoms. The molecular formula is C10H6N4S. The number of hydrogen-bond acceptors (Lipinski definition) is 5. The van der Waals surface area contributed by atoms with E-state index in [4.69, 9.17) is 0 Å². The first-order valence-electron chi connectivity index (χ1n) is 4.44. The van der Waals surface area contributed by atoms with E-state index in [1.54, 1.807) is 6.20 Å². The van der Waals surface area contributed by atoms with Crippen LogP contribution in [0.2, 0.25) is 0 Å².